The number of sulfone groups is 1. The van der Waals surface area contributed by atoms with Crippen LogP contribution in [0.4, 0.5) is 5.13 Å². The van der Waals surface area contributed by atoms with Gasteiger partial charge in [-0.05, 0) is 49.5 Å². The number of hydrogen-bond donors (Lipinski definition) is 0. The highest BCUT2D eigenvalue weighted by Gasteiger charge is 2.27. The van der Waals surface area contributed by atoms with E-state index >= 15 is 0 Å². The molecule has 7 nitrogen and oxygen atoms in total. The fourth-order valence-electron chi connectivity index (χ4n) is 3.19. The van der Waals surface area contributed by atoms with Crippen molar-refractivity contribution in [3.8, 4) is 5.75 Å². The van der Waals surface area contributed by atoms with E-state index in [-0.39, 0.29) is 4.90 Å². The number of thiazole rings is 1. The van der Waals surface area contributed by atoms with Crippen LogP contribution in [0.3, 0.4) is 0 Å². The Morgan fingerprint density at radius 2 is 1.71 bits per heavy atom. The first kappa shape index (κ1) is 23.2. The number of benzene rings is 2. The van der Waals surface area contributed by atoms with Crippen LogP contribution in [0.15, 0.2) is 53.4 Å². The van der Waals surface area contributed by atoms with E-state index in [2.05, 4.69) is 23.7 Å². The van der Waals surface area contributed by atoms with Crippen LogP contribution in [-0.4, -0.2) is 63.3 Å². The zero-order valence-corrected chi connectivity index (χ0v) is 19.6. The third kappa shape index (κ3) is 5.61. The summed E-state index contributed by atoms with van der Waals surface area (Å²) in [6.07, 6.45) is 0. The molecule has 0 aliphatic rings. The van der Waals surface area contributed by atoms with Gasteiger partial charge in [-0.2, -0.15) is 0 Å². The van der Waals surface area contributed by atoms with Gasteiger partial charge in [-0.3, -0.25) is 9.69 Å². The maximum absolute atomic E-state index is 13.2. The van der Waals surface area contributed by atoms with E-state index in [0.717, 1.165) is 23.3 Å². The van der Waals surface area contributed by atoms with Crippen molar-refractivity contribution in [2.75, 3.05) is 43.9 Å². The molecule has 3 aromatic rings. The van der Waals surface area contributed by atoms with Gasteiger partial charge in [0.15, 0.2) is 15.0 Å². The van der Waals surface area contributed by atoms with E-state index in [1.54, 1.807) is 12.1 Å². The van der Waals surface area contributed by atoms with Gasteiger partial charge in [0.25, 0.3) is 0 Å². The first-order valence-corrected chi connectivity index (χ1v) is 12.6. The van der Waals surface area contributed by atoms with E-state index in [0.29, 0.717) is 24.0 Å². The number of carbonyl (C=O) groups excluding carboxylic acids is 1. The van der Waals surface area contributed by atoms with Gasteiger partial charge in [-0.25, -0.2) is 13.4 Å². The summed E-state index contributed by atoms with van der Waals surface area (Å²) in [6, 6.07) is 13.7. The summed E-state index contributed by atoms with van der Waals surface area (Å²) < 4.78 is 31.8. The Morgan fingerprint density at radius 3 is 2.32 bits per heavy atom. The predicted molar refractivity (Wildman–Crippen MR) is 125 cm³/mol. The van der Waals surface area contributed by atoms with Crippen LogP contribution in [0.1, 0.15) is 13.8 Å². The molecule has 9 heteroatoms. The van der Waals surface area contributed by atoms with Gasteiger partial charge >= 0.3 is 0 Å². The molecular weight excluding hydrogens is 434 g/mol. The molecule has 0 N–H and O–H groups in total. The van der Waals surface area contributed by atoms with Crippen LogP contribution in [0.2, 0.25) is 0 Å². The van der Waals surface area contributed by atoms with Gasteiger partial charge in [0.2, 0.25) is 5.91 Å². The van der Waals surface area contributed by atoms with Crippen LogP contribution < -0.4 is 9.64 Å². The number of rotatable bonds is 10. The molecule has 0 aliphatic carbocycles. The molecule has 0 fully saturated rings. The number of nitrogens with zero attached hydrogens (tertiary/aromatic N) is 3. The Morgan fingerprint density at radius 1 is 1.03 bits per heavy atom. The number of likely N-dealkylation sites (N-methyl/N-ethyl adjacent to an activating group) is 1. The van der Waals surface area contributed by atoms with Crippen LogP contribution >= 0.6 is 11.3 Å². The molecule has 0 atom stereocenters. The number of carbonyl (C=O) groups is 1. The number of amides is 1. The Labute approximate surface area is 187 Å². The lowest BCUT2D eigenvalue weighted by Gasteiger charge is -2.24. The molecule has 1 heterocycles. The van der Waals surface area contributed by atoms with E-state index in [1.807, 2.05) is 24.3 Å². The van der Waals surface area contributed by atoms with Crippen molar-refractivity contribution in [2.45, 2.75) is 18.7 Å². The molecule has 1 aromatic heterocycles. The quantitative estimate of drug-likeness (QED) is 0.460. The number of anilines is 1. The average molecular weight is 462 g/mol. The van der Waals surface area contributed by atoms with Crippen molar-refractivity contribution in [3.63, 3.8) is 0 Å². The van der Waals surface area contributed by atoms with Crippen LogP contribution in [0, 0.1) is 0 Å². The fraction of sp³-hybridized carbons (Fsp3) is 0.364. The Hall–Kier alpha value is -2.49. The van der Waals surface area contributed by atoms with E-state index < -0.39 is 21.5 Å². The minimum absolute atomic E-state index is 0.0923. The minimum Gasteiger partial charge on any atom is -0.497 e. The molecule has 0 aliphatic heterocycles. The Balaban J connectivity index is 1.87. The minimum atomic E-state index is -3.80. The zero-order chi connectivity index (χ0) is 22.4. The highest BCUT2D eigenvalue weighted by molar-refractivity contribution is 7.92. The molecule has 2 aromatic carbocycles. The monoisotopic (exact) mass is 461 g/mol. The largest absolute Gasteiger partial charge is 0.497 e. The summed E-state index contributed by atoms with van der Waals surface area (Å²) in [7, 11) is -2.29. The van der Waals surface area contributed by atoms with Crippen molar-refractivity contribution in [2.24, 2.45) is 0 Å². The van der Waals surface area contributed by atoms with Crippen molar-refractivity contribution in [3.05, 3.63) is 48.5 Å². The first-order valence-electron chi connectivity index (χ1n) is 10.1. The lowest BCUT2D eigenvalue weighted by Crippen LogP contribution is -2.41. The SMILES string of the molecule is CCN(CC)CCN(C(=O)CS(=O)(=O)c1ccc(OC)cc1)c1nc2ccccc2s1. The molecule has 0 unspecified atom stereocenters. The smallest absolute Gasteiger partial charge is 0.244 e. The van der Waals surface area contributed by atoms with E-state index in [9.17, 15) is 13.2 Å². The second-order valence-electron chi connectivity index (χ2n) is 6.97. The Bertz CT molecular complexity index is 1090. The topological polar surface area (TPSA) is 79.8 Å². The summed E-state index contributed by atoms with van der Waals surface area (Å²) in [5.41, 5.74) is 0.793. The van der Waals surface area contributed by atoms with E-state index in [1.165, 1.54) is 35.5 Å². The standard InChI is InChI=1S/C22H27N3O4S2/c1-4-24(5-2)14-15-25(22-23-19-8-6-7-9-20(19)30-22)21(26)16-31(27,28)18-12-10-17(29-3)11-13-18/h6-13H,4-5,14-16H2,1-3H3. The summed E-state index contributed by atoms with van der Waals surface area (Å²) in [4.78, 5) is 21.6. The van der Waals surface area contributed by atoms with Crippen molar-refractivity contribution in [1.82, 2.24) is 9.88 Å². The highest BCUT2D eigenvalue weighted by atomic mass is 32.2. The van der Waals surface area contributed by atoms with Gasteiger partial charge in [0.05, 0.1) is 22.2 Å². The third-order valence-electron chi connectivity index (χ3n) is 5.08. The van der Waals surface area contributed by atoms with Crippen LogP contribution in [0.25, 0.3) is 10.2 Å². The number of methoxy groups -OCH3 is 1. The normalized spacial score (nSPS) is 11.7. The molecule has 166 valence electrons. The zero-order valence-electron chi connectivity index (χ0n) is 17.9. The summed E-state index contributed by atoms with van der Waals surface area (Å²) in [5.74, 6) is -0.546. The number of fused-ring (bicyclic) bond motifs is 1. The van der Waals surface area contributed by atoms with Gasteiger partial charge in [0.1, 0.15) is 11.5 Å². The molecule has 0 bridgehead atoms. The molecule has 0 saturated carbocycles. The number of para-hydroxylation sites is 1. The molecule has 3 rings (SSSR count). The maximum Gasteiger partial charge on any atom is 0.244 e. The number of aromatic nitrogens is 1. The van der Waals surface area contributed by atoms with Gasteiger partial charge in [-0.1, -0.05) is 37.3 Å². The highest BCUT2D eigenvalue weighted by Crippen LogP contribution is 2.29. The van der Waals surface area contributed by atoms with Crippen molar-refractivity contribution < 1.29 is 17.9 Å². The van der Waals surface area contributed by atoms with Crippen molar-refractivity contribution in [1.29, 1.82) is 0 Å². The first-order chi connectivity index (χ1) is 14.9. The Kier molecular flexibility index (Phi) is 7.64. The van der Waals surface area contributed by atoms with Crippen LogP contribution in [-0.2, 0) is 14.6 Å². The summed E-state index contributed by atoms with van der Waals surface area (Å²) in [5, 5.41) is 0.517. The van der Waals surface area contributed by atoms with Gasteiger partial charge < -0.3 is 9.64 Å². The second kappa shape index (κ2) is 10.2. The van der Waals surface area contributed by atoms with E-state index in [4.69, 9.17) is 4.74 Å². The van der Waals surface area contributed by atoms with Crippen LogP contribution in [0.5, 0.6) is 5.75 Å². The summed E-state index contributed by atoms with van der Waals surface area (Å²) >= 11 is 1.39. The third-order valence-corrected chi connectivity index (χ3v) is 7.76. The molecule has 31 heavy (non-hydrogen) atoms. The van der Waals surface area contributed by atoms with Crippen molar-refractivity contribution >= 4 is 42.4 Å². The predicted octanol–water partition coefficient (Wildman–Crippen LogP) is 3.45. The average Bonchev–Trinajstić information content (AvgIpc) is 3.20. The lowest BCUT2D eigenvalue weighted by molar-refractivity contribution is -0.116. The lowest BCUT2D eigenvalue weighted by atomic mass is 10.3. The van der Waals surface area contributed by atoms with Gasteiger partial charge in [-0.15, -0.1) is 0 Å². The molecule has 1 amide bonds. The molecule has 0 spiro atoms. The number of hydrogen-bond acceptors (Lipinski definition) is 7. The fourth-order valence-corrected chi connectivity index (χ4v) is 5.40. The summed E-state index contributed by atoms with van der Waals surface area (Å²) in [6.45, 7) is 6.82. The molecule has 0 radical (unpaired) electrons. The second-order valence-corrected chi connectivity index (χ2v) is 9.97. The maximum atomic E-state index is 13.2. The molecular formula is C22H27N3O4S2. The number of ether oxygens (including phenoxy) is 1. The van der Waals surface area contributed by atoms with Gasteiger partial charge in [0, 0.05) is 13.1 Å². The molecule has 0 saturated heterocycles.